The third-order valence-electron chi connectivity index (χ3n) is 6.62. The number of benzene rings is 1. The average molecular weight is 405 g/mol. The number of likely N-dealkylation sites (N-methyl/N-ethyl adjacent to an activating group) is 1. The van der Waals surface area contributed by atoms with Gasteiger partial charge in [-0.15, -0.1) is 0 Å². The fourth-order valence-corrected chi connectivity index (χ4v) is 4.86. The molecule has 0 aliphatic heterocycles. The van der Waals surface area contributed by atoms with E-state index in [1.807, 2.05) is 24.3 Å². The predicted molar refractivity (Wildman–Crippen MR) is 113 cm³/mol. The van der Waals surface area contributed by atoms with Gasteiger partial charge in [0.05, 0.1) is 17.1 Å². The highest BCUT2D eigenvalue weighted by molar-refractivity contribution is 6.06. The van der Waals surface area contributed by atoms with Gasteiger partial charge in [0.15, 0.2) is 6.10 Å². The van der Waals surface area contributed by atoms with Crippen LogP contribution in [0.4, 0.5) is 0 Å². The van der Waals surface area contributed by atoms with Gasteiger partial charge < -0.3 is 9.64 Å². The summed E-state index contributed by atoms with van der Waals surface area (Å²) in [6, 6.07) is 9.91. The van der Waals surface area contributed by atoms with Crippen LogP contribution in [0.5, 0.6) is 0 Å². The zero-order valence-corrected chi connectivity index (χ0v) is 17.6. The number of hydrogen-bond donors (Lipinski definition) is 0. The molecule has 0 N–H and O–H groups in total. The lowest BCUT2D eigenvalue weighted by atomic mass is 9.81. The summed E-state index contributed by atoms with van der Waals surface area (Å²) >= 11 is 0. The molecule has 0 saturated heterocycles. The molecule has 6 heteroatoms. The molecule has 1 aromatic heterocycles. The molecule has 2 aromatic rings. The Bertz CT molecular complexity index is 1030. The van der Waals surface area contributed by atoms with Crippen LogP contribution in [-0.2, 0) is 22.4 Å². The molecule has 0 spiro atoms. The van der Waals surface area contributed by atoms with E-state index in [0.29, 0.717) is 18.4 Å². The van der Waals surface area contributed by atoms with Crippen molar-refractivity contribution < 1.29 is 14.3 Å². The highest BCUT2D eigenvalue weighted by Crippen LogP contribution is 2.34. The molecule has 4 rings (SSSR count). The largest absolute Gasteiger partial charge is 0.449 e. The van der Waals surface area contributed by atoms with Crippen LogP contribution < -0.4 is 0 Å². The first-order valence-corrected chi connectivity index (χ1v) is 10.8. The van der Waals surface area contributed by atoms with E-state index in [4.69, 9.17) is 9.72 Å². The lowest BCUT2D eigenvalue weighted by Crippen LogP contribution is -2.53. The van der Waals surface area contributed by atoms with Gasteiger partial charge in [-0.25, -0.2) is 4.79 Å². The molecule has 0 unspecified atom stereocenters. The summed E-state index contributed by atoms with van der Waals surface area (Å²) in [5, 5.41) is 10.5. The maximum absolute atomic E-state index is 13.2. The van der Waals surface area contributed by atoms with Crippen molar-refractivity contribution in [2.24, 2.45) is 0 Å². The van der Waals surface area contributed by atoms with Gasteiger partial charge in [0.25, 0.3) is 5.91 Å². The molecule has 1 atom stereocenters. The lowest BCUT2D eigenvalue weighted by molar-refractivity contribution is -0.143. The Labute approximate surface area is 176 Å². The van der Waals surface area contributed by atoms with E-state index < -0.39 is 17.6 Å². The topological polar surface area (TPSA) is 83.3 Å². The molecule has 1 fully saturated rings. The Morgan fingerprint density at radius 3 is 2.63 bits per heavy atom. The fourth-order valence-electron chi connectivity index (χ4n) is 4.86. The van der Waals surface area contributed by atoms with E-state index in [1.54, 1.807) is 14.0 Å². The van der Waals surface area contributed by atoms with Crippen molar-refractivity contribution in [3.8, 4) is 6.07 Å². The first kappa shape index (κ1) is 20.3. The normalized spacial score (nSPS) is 18.3. The van der Waals surface area contributed by atoms with Crippen molar-refractivity contribution in [3.05, 3.63) is 41.1 Å². The number of pyridine rings is 1. The Morgan fingerprint density at radius 2 is 1.90 bits per heavy atom. The maximum Gasteiger partial charge on any atom is 0.339 e. The molecule has 2 aliphatic carbocycles. The summed E-state index contributed by atoms with van der Waals surface area (Å²) in [5.41, 5.74) is 2.38. The van der Waals surface area contributed by atoms with Crippen LogP contribution in [0.15, 0.2) is 24.3 Å². The Morgan fingerprint density at radius 1 is 1.17 bits per heavy atom. The second-order valence-corrected chi connectivity index (χ2v) is 8.43. The number of rotatable bonds is 4. The van der Waals surface area contributed by atoms with E-state index >= 15 is 0 Å². The van der Waals surface area contributed by atoms with Crippen LogP contribution in [0.25, 0.3) is 10.9 Å². The van der Waals surface area contributed by atoms with Crippen LogP contribution >= 0.6 is 0 Å². The number of amides is 1. The minimum Gasteiger partial charge on any atom is -0.449 e. The van der Waals surface area contributed by atoms with Crippen LogP contribution in [0.2, 0.25) is 0 Å². The number of nitrogens with zero attached hydrogens (tertiary/aromatic N) is 3. The number of hydrogen-bond acceptors (Lipinski definition) is 5. The summed E-state index contributed by atoms with van der Waals surface area (Å²) in [6.45, 7) is 1.59. The van der Waals surface area contributed by atoms with Crippen molar-refractivity contribution in [2.45, 2.75) is 69.9 Å². The fraction of sp³-hybridized carbons (Fsp3) is 0.500. The molecular weight excluding hydrogens is 378 g/mol. The molecule has 1 aromatic carbocycles. The smallest absolute Gasteiger partial charge is 0.339 e. The number of carbonyl (C=O) groups is 2. The van der Waals surface area contributed by atoms with Gasteiger partial charge in [-0.2, -0.15) is 5.26 Å². The number of fused-ring (bicyclic) bond motifs is 2. The van der Waals surface area contributed by atoms with Crippen molar-refractivity contribution in [1.82, 2.24) is 9.88 Å². The number of ether oxygens (including phenoxy) is 1. The molecule has 2 aliphatic rings. The van der Waals surface area contributed by atoms with E-state index in [2.05, 4.69) is 6.07 Å². The average Bonchev–Trinajstić information content (AvgIpc) is 3.24. The minimum atomic E-state index is -0.960. The lowest BCUT2D eigenvalue weighted by Gasteiger charge is -2.39. The molecule has 1 saturated carbocycles. The number of carbonyl (C=O) groups excluding carboxylic acids is 2. The van der Waals surface area contributed by atoms with Gasteiger partial charge in [-0.3, -0.25) is 9.78 Å². The van der Waals surface area contributed by atoms with E-state index in [1.165, 1.54) is 4.90 Å². The van der Waals surface area contributed by atoms with Crippen LogP contribution in [0.1, 0.15) is 67.1 Å². The van der Waals surface area contributed by atoms with Crippen molar-refractivity contribution in [3.63, 3.8) is 0 Å². The van der Waals surface area contributed by atoms with E-state index in [9.17, 15) is 14.9 Å². The molecule has 1 amide bonds. The van der Waals surface area contributed by atoms with Gasteiger partial charge in [-0.05, 0) is 50.7 Å². The van der Waals surface area contributed by atoms with Crippen LogP contribution in [-0.4, -0.2) is 40.5 Å². The highest BCUT2D eigenvalue weighted by Gasteiger charge is 2.41. The second-order valence-electron chi connectivity index (χ2n) is 8.43. The Hall–Kier alpha value is -2.94. The Balaban J connectivity index is 1.59. The van der Waals surface area contributed by atoms with Crippen molar-refractivity contribution in [1.29, 1.82) is 5.26 Å². The van der Waals surface area contributed by atoms with Gasteiger partial charge >= 0.3 is 5.97 Å². The minimum absolute atomic E-state index is 0.332. The van der Waals surface area contributed by atoms with Gasteiger partial charge in [0.1, 0.15) is 5.54 Å². The Kier molecular flexibility index (Phi) is 5.46. The molecule has 0 radical (unpaired) electrons. The first-order valence-electron chi connectivity index (χ1n) is 10.8. The summed E-state index contributed by atoms with van der Waals surface area (Å²) in [6.07, 6.45) is 5.89. The molecule has 6 nitrogen and oxygen atoms in total. The van der Waals surface area contributed by atoms with Gasteiger partial charge in [0, 0.05) is 18.1 Å². The molecular formula is C24H27N3O3. The third kappa shape index (κ3) is 3.43. The van der Waals surface area contributed by atoms with Crippen molar-refractivity contribution >= 4 is 22.8 Å². The van der Waals surface area contributed by atoms with Crippen LogP contribution in [0, 0.1) is 11.3 Å². The number of aromatic nitrogens is 1. The third-order valence-corrected chi connectivity index (χ3v) is 6.62. The molecule has 0 bridgehead atoms. The second kappa shape index (κ2) is 8.06. The summed E-state index contributed by atoms with van der Waals surface area (Å²) in [4.78, 5) is 32.5. The van der Waals surface area contributed by atoms with Crippen LogP contribution in [0.3, 0.4) is 0 Å². The number of aryl methyl sites for hydroxylation is 1. The quantitative estimate of drug-likeness (QED) is 0.719. The number of para-hydroxylation sites is 1. The zero-order valence-electron chi connectivity index (χ0n) is 17.6. The molecule has 30 heavy (non-hydrogen) atoms. The first-order chi connectivity index (χ1) is 14.5. The molecule has 1 heterocycles. The number of nitriles is 1. The summed E-state index contributed by atoms with van der Waals surface area (Å²) in [5.74, 6) is -0.822. The van der Waals surface area contributed by atoms with Gasteiger partial charge in [0.2, 0.25) is 0 Å². The summed E-state index contributed by atoms with van der Waals surface area (Å²) in [7, 11) is 1.65. The SMILES string of the molecule is C[C@@H](OC(=O)c1c2c(nc3ccccc13)CCC2)C(=O)N(C)C1(C#N)CCCCC1. The standard InChI is InChI=1S/C24H27N3O3/c1-16(22(28)27(2)24(15-25)13-6-3-7-14-24)30-23(29)21-17-9-4-5-11-19(17)26-20-12-8-10-18(20)21/h4-5,9,11,16H,3,6-8,10,12-14H2,1-2H3/t16-/m1/s1. The van der Waals surface area contributed by atoms with E-state index in [-0.39, 0.29) is 5.91 Å². The molecule has 156 valence electrons. The highest BCUT2D eigenvalue weighted by atomic mass is 16.5. The summed E-state index contributed by atoms with van der Waals surface area (Å²) < 4.78 is 5.67. The van der Waals surface area contributed by atoms with E-state index in [0.717, 1.165) is 60.7 Å². The maximum atomic E-state index is 13.2. The van der Waals surface area contributed by atoms with Gasteiger partial charge in [-0.1, -0.05) is 37.5 Å². The predicted octanol–water partition coefficient (Wildman–Crippen LogP) is 3.95. The number of esters is 1. The monoisotopic (exact) mass is 405 g/mol. The van der Waals surface area contributed by atoms with Crippen molar-refractivity contribution in [2.75, 3.05) is 7.05 Å². The zero-order chi connectivity index (χ0) is 21.3.